The quantitative estimate of drug-likeness (QED) is 0.623. The molecule has 0 unspecified atom stereocenters. The number of nitrogens with one attached hydrogen (secondary N) is 1. The molecule has 0 aromatic carbocycles. The van der Waals surface area contributed by atoms with Crippen LogP contribution < -0.4 is 5.32 Å². The third-order valence-electron chi connectivity index (χ3n) is 1.74. The molecular weight excluding hydrogens is 146 g/mol. The SMILES string of the molecule is C=C1/C=C\C=C/CN/C(CC)=C\1. The van der Waals surface area contributed by atoms with E-state index in [-0.39, 0.29) is 0 Å². The van der Waals surface area contributed by atoms with Gasteiger partial charge in [-0.05, 0) is 18.1 Å². The first-order valence-corrected chi connectivity index (χ1v) is 4.29. The molecule has 0 bridgehead atoms. The molecule has 1 aliphatic rings. The second-order valence-corrected chi connectivity index (χ2v) is 2.77. The van der Waals surface area contributed by atoms with E-state index < -0.39 is 0 Å². The third-order valence-corrected chi connectivity index (χ3v) is 1.74. The predicted octanol–water partition coefficient (Wildman–Crippen LogP) is 2.55. The maximum atomic E-state index is 3.92. The molecule has 0 spiro atoms. The lowest BCUT2D eigenvalue weighted by Gasteiger charge is -2.05. The highest BCUT2D eigenvalue weighted by molar-refractivity contribution is 5.32. The van der Waals surface area contributed by atoms with E-state index in [4.69, 9.17) is 0 Å². The molecule has 0 radical (unpaired) electrons. The van der Waals surface area contributed by atoms with E-state index in [1.54, 1.807) is 0 Å². The maximum Gasteiger partial charge on any atom is 0.0330 e. The van der Waals surface area contributed by atoms with Gasteiger partial charge in [0.15, 0.2) is 0 Å². The van der Waals surface area contributed by atoms with Crippen LogP contribution in [0.15, 0.2) is 48.2 Å². The minimum atomic E-state index is 0.900. The van der Waals surface area contributed by atoms with E-state index in [0.29, 0.717) is 0 Å². The van der Waals surface area contributed by atoms with Crippen LogP contribution in [-0.4, -0.2) is 6.54 Å². The van der Waals surface area contributed by atoms with Crippen molar-refractivity contribution >= 4 is 0 Å². The molecule has 12 heavy (non-hydrogen) atoms. The first-order chi connectivity index (χ1) is 5.83. The minimum Gasteiger partial charge on any atom is -0.385 e. The maximum absolute atomic E-state index is 3.92. The molecular formula is C11H15N. The van der Waals surface area contributed by atoms with E-state index in [1.165, 1.54) is 5.70 Å². The van der Waals surface area contributed by atoms with Gasteiger partial charge >= 0.3 is 0 Å². The summed E-state index contributed by atoms with van der Waals surface area (Å²) in [7, 11) is 0. The van der Waals surface area contributed by atoms with Crippen molar-refractivity contribution in [3.63, 3.8) is 0 Å². The summed E-state index contributed by atoms with van der Waals surface area (Å²) >= 11 is 0. The van der Waals surface area contributed by atoms with Crippen molar-refractivity contribution in [3.05, 3.63) is 48.2 Å². The van der Waals surface area contributed by atoms with Crippen LogP contribution in [0.1, 0.15) is 13.3 Å². The van der Waals surface area contributed by atoms with E-state index in [1.807, 2.05) is 18.2 Å². The molecule has 0 fully saturated rings. The Morgan fingerprint density at radius 1 is 1.50 bits per heavy atom. The van der Waals surface area contributed by atoms with Crippen LogP contribution in [0, 0.1) is 0 Å². The molecule has 1 N–H and O–H groups in total. The summed E-state index contributed by atoms with van der Waals surface area (Å²) in [6, 6.07) is 0. The van der Waals surface area contributed by atoms with Gasteiger partial charge in [-0.2, -0.15) is 0 Å². The Morgan fingerprint density at radius 3 is 3.08 bits per heavy atom. The van der Waals surface area contributed by atoms with Crippen LogP contribution in [-0.2, 0) is 0 Å². The summed E-state index contributed by atoms with van der Waals surface area (Å²) in [6.07, 6.45) is 11.3. The zero-order valence-electron chi connectivity index (χ0n) is 7.51. The van der Waals surface area contributed by atoms with Crippen LogP contribution in [0.5, 0.6) is 0 Å². The Hall–Kier alpha value is -1.24. The van der Waals surface area contributed by atoms with Crippen LogP contribution in [0.3, 0.4) is 0 Å². The Kier molecular flexibility index (Phi) is 3.39. The lowest BCUT2D eigenvalue weighted by molar-refractivity contribution is 0.843. The zero-order valence-corrected chi connectivity index (χ0v) is 7.51. The monoisotopic (exact) mass is 161 g/mol. The van der Waals surface area contributed by atoms with Crippen LogP contribution in [0.2, 0.25) is 0 Å². The topological polar surface area (TPSA) is 12.0 Å². The number of rotatable bonds is 1. The highest BCUT2D eigenvalue weighted by Crippen LogP contribution is 2.04. The molecule has 0 aliphatic carbocycles. The largest absolute Gasteiger partial charge is 0.385 e. The highest BCUT2D eigenvalue weighted by Gasteiger charge is 1.92. The molecule has 1 nitrogen and oxygen atoms in total. The van der Waals surface area contributed by atoms with Crippen LogP contribution in [0.4, 0.5) is 0 Å². The molecule has 64 valence electrons. The Morgan fingerprint density at radius 2 is 2.33 bits per heavy atom. The van der Waals surface area contributed by atoms with Crippen molar-refractivity contribution < 1.29 is 0 Å². The second-order valence-electron chi connectivity index (χ2n) is 2.77. The summed E-state index contributed by atoms with van der Waals surface area (Å²) in [5.74, 6) is 0. The van der Waals surface area contributed by atoms with Crippen molar-refractivity contribution in [2.45, 2.75) is 13.3 Å². The molecule has 0 atom stereocenters. The minimum absolute atomic E-state index is 0.900. The van der Waals surface area contributed by atoms with Crippen molar-refractivity contribution in [2.24, 2.45) is 0 Å². The van der Waals surface area contributed by atoms with Gasteiger partial charge in [0.05, 0.1) is 0 Å². The highest BCUT2D eigenvalue weighted by atomic mass is 14.9. The van der Waals surface area contributed by atoms with E-state index in [0.717, 1.165) is 18.5 Å². The first-order valence-electron chi connectivity index (χ1n) is 4.29. The lowest BCUT2D eigenvalue weighted by atomic mass is 10.2. The van der Waals surface area contributed by atoms with Crippen molar-refractivity contribution in [1.82, 2.24) is 5.32 Å². The van der Waals surface area contributed by atoms with Gasteiger partial charge in [0, 0.05) is 12.2 Å². The molecule has 1 heterocycles. The average molecular weight is 161 g/mol. The fourth-order valence-corrected chi connectivity index (χ4v) is 1.07. The second kappa shape index (κ2) is 4.60. The van der Waals surface area contributed by atoms with Gasteiger partial charge in [0.1, 0.15) is 0 Å². The molecule has 1 aliphatic heterocycles. The van der Waals surface area contributed by atoms with E-state index in [2.05, 4.69) is 31.0 Å². The normalized spacial score (nSPS) is 27.1. The number of hydrogen-bond donors (Lipinski definition) is 1. The third kappa shape index (κ3) is 2.79. The summed E-state index contributed by atoms with van der Waals surface area (Å²) < 4.78 is 0. The molecule has 0 amide bonds. The number of hydrogen-bond acceptors (Lipinski definition) is 1. The molecule has 1 heteroatoms. The zero-order chi connectivity index (χ0) is 8.81. The van der Waals surface area contributed by atoms with Crippen molar-refractivity contribution in [2.75, 3.05) is 6.54 Å². The average Bonchev–Trinajstić information content (AvgIpc) is 2.16. The first kappa shape index (κ1) is 8.85. The van der Waals surface area contributed by atoms with Crippen molar-refractivity contribution in [3.8, 4) is 0 Å². The predicted molar refractivity (Wildman–Crippen MR) is 53.8 cm³/mol. The van der Waals surface area contributed by atoms with Gasteiger partial charge < -0.3 is 5.32 Å². The van der Waals surface area contributed by atoms with Gasteiger partial charge in [-0.1, -0.05) is 37.8 Å². The standard InChI is InChI=1S/C11H15N/c1-3-11-9-10(2)7-5-4-6-8-12-11/h4-7,9,12H,2-3,8H2,1H3/b6-4-,7-5-,11-9-. The molecule has 0 saturated carbocycles. The van der Waals surface area contributed by atoms with E-state index in [9.17, 15) is 0 Å². The molecule has 0 aromatic heterocycles. The van der Waals surface area contributed by atoms with Crippen LogP contribution >= 0.6 is 0 Å². The Labute approximate surface area is 74.2 Å². The van der Waals surface area contributed by atoms with Gasteiger partial charge in [0.25, 0.3) is 0 Å². The van der Waals surface area contributed by atoms with Gasteiger partial charge in [-0.15, -0.1) is 0 Å². The number of allylic oxidation sites excluding steroid dienone is 6. The fraction of sp³-hybridized carbons (Fsp3) is 0.273. The summed E-state index contributed by atoms with van der Waals surface area (Å²) in [5, 5.41) is 3.32. The smallest absolute Gasteiger partial charge is 0.0330 e. The van der Waals surface area contributed by atoms with Gasteiger partial charge in [-0.25, -0.2) is 0 Å². The van der Waals surface area contributed by atoms with Gasteiger partial charge in [-0.3, -0.25) is 0 Å². The van der Waals surface area contributed by atoms with Gasteiger partial charge in [0.2, 0.25) is 0 Å². The summed E-state index contributed by atoms with van der Waals surface area (Å²) in [5.41, 5.74) is 2.29. The van der Waals surface area contributed by atoms with Crippen LogP contribution in [0.25, 0.3) is 0 Å². The Balaban J connectivity index is 2.76. The Bertz CT molecular complexity index is 244. The van der Waals surface area contributed by atoms with Crippen molar-refractivity contribution in [1.29, 1.82) is 0 Å². The summed E-state index contributed by atoms with van der Waals surface area (Å²) in [6.45, 7) is 6.96. The molecule has 1 rings (SSSR count). The fourth-order valence-electron chi connectivity index (χ4n) is 1.07. The molecule has 0 aromatic rings. The molecule has 0 saturated heterocycles. The summed E-state index contributed by atoms with van der Waals surface area (Å²) in [4.78, 5) is 0. The van der Waals surface area contributed by atoms with E-state index >= 15 is 0 Å². The lowest BCUT2D eigenvalue weighted by Crippen LogP contribution is -2.12.